The Morgan fingerprint density at radius 1 is 1.75 bits per heavy atom. The van der Waals surface area contributed by atoms with Crippen LogP contribution in [0.4, 0.5) is 0 Å². The lowest BCUT2D eigenvalue weighted by atomic mass is 9.99. The average molecular weight is 170 g/mol. The predicted octanol–water partition coefficient (Wildman–Crippen LogP) is 0.937. The first kappa shape index (κ1) is 9.42. The van der Waals surface area contributed by atoms with Crippen molar-refractivity contribution in [2.75, 3.05) is 19.8 Å². The molecule has 0 aromatic heterocycles. The number of ether oxygens (including phenoxy) is 2. The summed E-state index contributed by atoms with van der Waals surface area (Å²) in [5.74, 6) is -0.0743. The zero-order valence-electron chi connectivity index (χ0n) is 7.34. The summed E-state index contributed by atoms with van der Waals surface area (Å²) in [6, 6.07) is 0. The highest BCUT2D eigenvalue weighted by Gasteiger charge is 2.38. The van der Waals surface area contributed by atoms with Gasteiger partial charge in [-0.05, 0) is 12.5 Å². The maximum Gasteiger partial charge on any atom is 0.180 e. The molecule has 0 aromatic rings. The topological polar surface area (TPSA) is 35.5 Å². The second kappa shape index (κ2) is 3.83. The first-order chi connectivity index (χ1) is 5.72. The van der Waals surface area contributed by atoms with Gasteiger partial charge in [-0.15, -0.1) is 0 Å². The van der Waals surface area contributed by atoms with Crippen LogP contribution < -0.4 is 0 Å². The van der Waals surface area contributed by atoms with Crippen LogP contribution in [0, 0.1) is 0 Å². The second-order valence-corrected chi connectivity index (χ2v) is 2.99. The Morgan fingerprint density at radius 3 is 2.75 bits per heavy atom. The molecule has 12 heavy (non-hydrogen) atoms. The number of hydrogen-bond donors (Lipinski definition) is 0. The van der Waals surface area contributed by atoms with Gasteiger partial charge in [0.2, 0.25) is 0 Å². The molecule has 68 valence electrons. The molecule has 1 saturated heterocycles. The molecule has 1 rings (SSSR count). The molecule has 0 N–H and O–H groups in total. The Balaban J connectivity index is 2.29. The van der Waals surface area contributed by atoms with Crippen molar-refractivity contribution >= 4 is 5.78 Å². The van der Waals surface area contributed by atoms with E-state index in [-0.39, 0.29) is 18.0 Å². The maximum absolute atomic E-state index is 10.8. The molecule has 3 heteroatoms. The molecule has 0 unspecified atom stereocenters. The van der Waals surface area contributed by atoms with Crippen LogP contribution in [0.1, 0.15) is 13.3 Å². The van der Waals surface area contributed by atoms with E-state index in [9.17, 15) is 4.79 Å². The van der Waals surface area contributed by atoms with Crippen molar-refractivity contribution in [2.45, 2.75) is 18.9 Å². The van der Waals surface area contributed by atoms with Gasteiger partial charge in [0, 0.05) is 0 Å². The lowest BCUT2D eigenvalue weighted by Gasteiger charge is -2.40. The van der Waals surface area contributed by atoms with Crippen LogP contribution in [0.25, 0.3) is 0 Å². The largest absolute Gasteiger partial charge is 0.375 e. The third-order valence-corrected chi connectivity index (χ3v) is 2.12. The molecule has 1 aliphatic heterocycles. The summed E-state index contributed by atoms with van der Waals surface area (Å²) < 4.78 is 10.5. The molecule has 1 aliphatic rings. The number of rotatable bonds is 5. The second-order valence-electron chi connectivity index (χ2n) is 2.99. The Bertz CT molecular complexity index is 177. The van der Waals surface area contributed by atoms with Crippen molar-refractivity contribution in [2.24, 2.45) is 0 Å². The van der Waals surface area contributed by atoms with Gasteiger partial charge in [-0.3, -0.25) is 4.79 Å². The number of carbonyl (C=O) groups is 1. The van der Waals surface area contributed by atoms with E-state index in [0.29, 0.717) is 13.2 Å². The van der Waals surface area contributed by atoms with Gasteiger partial charge < -0.3 is 9.47 Å². The summed E-state index contributed by atoms with van der Waals surface area (Å²) in [6.45, 7) is 6.73. The van der Waals surface area contributed by atoms with Crippen LogP contribution in [-0.2, 0) is 14.3 Å². The van der Waals surface area contributed by atoms with Crippen molar-refractivity contribution in [3.8, 4) is 0 Å². The van der Waals surface area contributed by atoms with Crippen molar-refractivity contribution in [1.82, 2.24) is 0 Å². The fourth-order valence-electron chi connectivity index (χ4n) is 1.00. The monoisotopic (exact) mass is 170 g/mol. The molecule has 1 fully saturated rings. The fourth-order valence-corrected chi connectivity index (χ4v) is 1.00. The molecular weight excluding hydrogens is 156 g/mol. The van der Waals surface area contributed by atoms with Gasteiger partial charge in [0.1, 0.15) is 12.2 Å². The Kier molecular flexibility index (Phi) is 3.00. The van der Waals surface area contributed by atoms with Gasteiger partial charge in [0.25, 0.3) is 0 Å². The Morgan fingerprint density at radius 2 is 2.42 bits per heavy atom. The summed E-state index contributed by atoms with van der Waals surface area (Å²) >= 11 is 0. The van der Waals surface area contributed by atoms with Crippen molar-refractivity contribution in [3.63, 3.8) is 0 Å². The molecule has 1 heterocycles. The molecule has 0 aliphatic carbocycles. The minimum atomic E-state index is -0.196. The predicted molar refractivity (Wildman–Crippen MR) is 45.0 cm³/mol. The van der Waals surface area contributed by atoms with Crippen LogP contribution in [0.2, 0.25) is 0 Å². The van der Waals surface area contributed by atoms with Crippen LogP contribution in [0.5, 0.6) is 0 Å². The van der Waals surface area contributed by atoms with E-state index in [1.165, 1.54) is 6.08 Å². The van der Waals surface area contributed by atoms with E-state index >= 15 is 0 Å². The van der Waals surface area contributed by atoms with E-state index in [4.69, 9.17) is 9.47 Å². The quantitative estimate of drug-likeness (QED) is 0.576. The third-order valence-electron chi connectivity index (χ3n) is 2.12. The molecule has 0 atom stereocenters. The molecule has 0 spiro atoms. The van der Waals surface area contributed by atoms with Crippen molar-refractivity contribution in [3.05, 3.63) is 12.7 Å². The zero-order chi connectivity index (χ0) is 9.03. The summed E-state index contributed by atoms with van der Waals surface area (Å²) in [5.41, 5.74) is -0.196. The summed E-state index contributed by atoms with van der Waals surface area (Å²) in [5, 5.41) is 0. The highest BCUT2D eigenvalue weighted by atomic mass is 16.6. The number of hydrogen-bond acceptors (Lipinski definition) is 3. The van der Waals surface area contributed by atoms with E-state index in [2.05, 4.69) is 6.58 Å². The van der Waals surface area contributed by atoms with Crippen LogP contribution in [0.3, 0.4) is 0 Å². The summed E-state index contributed by atoms with van der Waals surface area (Å²) in [6.07, 6.45) is 2.17. The van der Waals surface area contributed by atoms with Crippen LogP contribution in [-0.4, -0.2) is 31.2 Å². The first-order valence-electron chi connectivity index (χ1n) is 4.09. The van der Waals surface area contributed by atoms with Gasteiger partial charge in [0.05, 0.1) is 13.2 Å². The van der Waals surface area contributed by atoms with Gasteiger partial charge in [0.15, 0.2) is 5.78 Å². The van der Waals surface area contributed by atoms with Gasteiger partial charge in [-0.25, -0.2) is 0 Å². The van der Waals surface area contributed by atoms with Crippen molar-refractivity contribution in [1.29, 1.82) is 0 Å². The van der Waals surface area contributed by atoms with E-state index in [1.807, 2.05) is 6.92 Å². The molecule has 3 nitrogen and oxygen atoms in total. The maximum atomic E-state index is 10.8. The summed E-state index contributed by atoms with van der Waals surface area (Å²) in [4.78, 5) is 10.8. The molecule has 0 radical (unpaired) electrons. The zero-order valence-corrected chi connectivity index (χ0v) is 7.34. The SMILES string of the molecule is C=CC(=O)COC1(CC)COC1. The average Bonchev–Trinajstić information content (AvgIpc) is 2.03. The first-order valence-corrected chi connectivity index (χ1v) is 4.09. The van der Waals surface area contributed by atoms with Crippen molar-refractivity contribution < 1.29 is 14.3 Å². The third kappa shape index (κ3) is 1.93. The minimum absolute atomic E-state index is 0.0743. The Labute approximate surface area is 72.4 Å². The van der Waals surface area contributed by atoms with E-state index in [0.717, 1.165) is 6.42 Å². The van der Waals surface area contributed by atoms with Gasteiger partial charge >= 0.3 is 0 Å². The number of carbonyl (C=O) groups excluding carboxylic acids is 1. The van der Waals surface area contributed by atoms with Crippen LogP contribution in [0.15, 0.2) is 12.7 Å². The summed E-state index contributed by atoms with van der Waals surface area (Å²) in [7, 11) is 0. The smallest absolute Gasteiger partial charge is 0.180 e. The molecular formula is C9H14O3. The minimum Gasteiger partial charge on any atom is -0.375 e. The van der Waals surface area contributed by atoms with Gasteiger partial charge in [-0.2, -0.15) is 0 Å². The molecule has 0 bridgehead atoms. The standard InChI is InChI=1S/C9H14O3/c1-3-8(10)5-12-9(4-2)6-11-7-9/h3H,1,4-7H2,2H3. The highest BCUT2D eigenvalue weighted by molar-refractivity contribution is 5.90. The van der Waals surface area contributed by atoms with E-state index in [1.54, 1.807) is 0 Å². The molecule has 0 aromatic carbocycles. The van der Waals surface area contributed by atoms with Gasteiger partial charge in [-0.1, -0.05) is 13.5 Å². The highest BCUT2D eigenvalue weighted by Crippen LogP contribution is 2.25. The lowest BCUT2D eigenvalue weighted by Crippen LogP contribution is -2.52. The van der Waals surface area contributed by atoms with Crippen LogP contribution >= 0.6 is 0 Å². The van der Waals surface area contributed by atoms with E-state index < -0.39 is 0 Å². The normalized spacial score (nSPS) is 19.8. The fraction of sp³-hybridized carbons (Fsp3) is 0.667. The Hall–Kier alpha value is -0.670. The molecule has 0 saturated carbocycles. The number of ketones is 1. The molecule has 0 amide bonds. The lowest BCUT2D eigenvalue weighted by molar-refractivity contribution is -0.209.